The van der Waals surface area contributed by atoms with Crippen molar-refractivity contribution in [3.8, 4) is 0 Å². The molecule has 23 heavy (non-hydrogen) atoms. The lowest BCUT2D eigenvalue weighted by Gasteiger charge is -2.32. The van der Waals surface area contributed by atoms with Gasteiger partial charge in [0.05, 0.1) is 0 Å². The molecular weight excluding hydrogens is 311 g/mol. The lowest BCUT2D eigenvalue weighted by molar-refractivity contribution is -0.297. The number of carbonyl (C=O) groups is 1. The zero-order chi connectivity index (χ0) is 17.3. The molecule has 126 valence electrons. The van der Waals surface area contributed by atoms with E-state index in [1.807, 2.05) is 6.92 Å². The van der Waals surface area contributed by atoms with E-state index in [0.29, 0.717) is 18.5 Å². The molecule has 1 aromatic rings. The fourth-order valence-corrected chi connectivity index (χ4v) is 2.32. The topological polar surface area (TPSA) is 78.9 Å². The summed E-state index contributed by atoms with van der Waals surface area (Å²) in [5.74, 6) is -1.02. The minimum absolute atomic E-state index is 0.0256. The number of aliphatic hydroxyl groups is 1. The van der Waals surface area contributed by atoms with E-state index < -0.39 is 24.2 Å². The highest BCUT2D eigenvalue weighted by Crippen LogP contribution is 2.41. The second-order valence-electron chi connectivity index (χ2n) is 5.50. The molecule has 0 fully saturated rings. The monoisotopic (exact) mass is 329 g/mol. The molecule has 2 rings (SSSR count). The lowest BCUT2D eigenvalue weighted by Crippen LogP contribution is -2.56. The van der Waals surface area contributed by atoms with Crippen LogP contribution in [0.3, 0.4) is 0 Å². The number of unbranched alkanes of at least 4 members (excludes halogenated alkanes) is 1. The Bertz CT molecular complexity index is 613. The van der Waals surface area contributed by atoms with Gasteiger partial charge in [0.25, 0.3) is 11.6 Å². The number of hydrogen-bond acceptors (Lipinski definition) is 4. The molecule has 0 spiro atoms. The zero-order valence-electron chi connectivity index (χ0n) is 12.6. The molecule has 1 atom stereocenters. The van der Waals surface area contributed by atoms with Gasteiger partial charge >= 0.3 is 6.18 Å². The molecule has 0 saturated heterocycles. The van der Waals surface area contributed by atoms with Gasteiger partial charge in [-0.05, 0) is 37.1 Å². The van der Waals surface area contributed by atoms with E-state index in [4.69, 9.17) is 5.73 Å². The van der Waals surface area contributed by atoms with E-state index in [-0.39, 0.29) is 16.3 Å². The van der Waals surface area contributed by atoms with Crippen molar-refractivity contribution in [2.45, 2.75) is 44.5 Å². The van der Waals surface area contributed by atoms with Crippen LogP contribution in [0.5, 0.6) is 0 Å². The largest absolute Gasteiger partial charge is 0.438 e. The van der Waals surface area contributed by atoms with E-state index in [1.165, 1.54) is 24.3 Å². The van der Waals surface area contributed by atoms with Crippen LogP contribution in [0.25, 0.3) is 0 Å². The van der Waals surface area contributed by atoms with Crippen LogP contribution in [0.15, 0.2) is 29.4 Å². The van der Waals surface area contributed by atoms with E-state index in [0.717, 1.165) is 6.42 Å². The summed E-state index contributed by atoms with van der Waals surface area (Å²) in [6, 6.07) is 5.40. The molecule has 0 saturated carbocycles. The molecule has 1 aliphatic heterocycles. The van der Waals surface area contributed by atoms with Gasteiger partial charge in [0.2, 0.25) is 0 Å². The van der Waals surface area contributed by atoms with E-state index in [2.05, 4.69) is 5.10 Å². The molecule has 1 heterocycles. The maximum absolute atomic E-state index is 13.3. The van der Waals surface area contributed by atoms with Crippen LogP contribution in [0.2, 0.25) is 0 Å². The van der Waals surface area contributed by atoms with Gasteiger partial charge in [-0.15, -0.1) is 0 Å². The first-order chi connectivity index (χ1) is 10.7. The van der Waals surface area contributed by atoms with Crippen molar-refractivity contribution in [3.05, 3.63) is 29.8 Å². The highest BCUT2D eigenvalue weighted by atomic mass is 19.4. The Balaban J connectivity index is 2.35. The molecule has 3 N–H and O–H groups in total. The summed E-state index contributed by atoms with van der Waals surface area (Å²) in [7, 11) is 0. The third-order valence-corrected chi connectivity index (χ3v) is 3.67. The Labute approximate surface area is 131 Å². The second-order valence-corrected chi connectivity index (χ2v) is 5.50. The average molecular weight is 329 g/mol. The van der Waals surface area contributed by atoms with Crippen molar-refractivity contribution >= 4 is 17.3 Å². The van der Waals surface area contributed by atoms with E-state index in [9.17, 15) is 23.1 Å². The van der Waals surface area contributed by atoms with Crippen LogP contribution >= 0.6 is 0 Å². The van der Waals surface area contributed by atoms with Gasteiger partial charge < -0.3 is 10.8 Å². The Kier molecular flexibility index (Phi) is 4.65. The van der Waals surface area contributed by atoms with E-state index >= 15 is 0 Å². The first-order valence-electron chi connectivity index (χ1n) is 7.24. The summed E-state index contributed by atoms with van der Waals surface area (Å²) in [5.41, 5.74) is 2.70. The number of benzene rings is 1. The van der Waals surface area contributed by atoms with Crippen LogP contribution in [0.4, 0.5) is 18.9 Å². The Morgan fingerprint density at radius 2 is 2.00 bits per heavy atom. The quantitative estimate of drug-likeness (QED) is 0.834. The molecule has 1 amide bonds. The van der Waals surface area contributed by atoms with Gasteiger partial charge in [-0.2, -0.15) is 23.3 Å². The molecule has 0 radical (unpaired) electrons. The van der Waals surface area contributed by atoms with Crippen LogP contribution < -0.4 is 5.73 Å². The summed E-state index contributed by atoms with van der Waals surface area (Å²) in [4.78, 5) is 12.4. The molecular formula is C15H18F3N3O2. The van der Waals surface area contributed by atoms with Gasteiger partial charge in [0, 0.05) is 23.4 Å². The highest BCUT2D eigenvalue weighted by molar-refractivity contribution is 5.98. The zero-order valence-corrected chi connectivity index (χ0v) is 12.6. The molecule has 5 nitrogen and oxygen atoms in total. The standard InChI is InChI=1S/C15H18F3N3O2/c1-2-3-4-12-9-14(23,15(16,17)18)21(20-12)13(22)10-5-7-11(19)8-6-10/h5-8,23H,2-4,9,19H2,1H3/t14-/m0/s1. The summed E-state index contributed by atoms with van der Waals surface area (Å²) in [5, 5.41) is 14.0. The molecule has 1 aliphatic rings. The fraction of sp³-hybridized carbons (Fsp3) is 0.467. The number of anilines is 1. The van der Waals surface area contributed by atoms with Gasteiger partial charge in [0.15, 0.2) is 0 Å². The predicted octanol–water partition coefficient (Wildman–Crippen LogP) is 2.91. The maximum Gasteiger partial charge on any atom is 0.438 e. The molecule has 0 unspecified atom stereocenters. The number of nitrogen functional groups attached to an aromatic ring is 1. The minimum Gasteiger partial charge on any atom is -0.399 e. The summed E-state index contributed by atoms with van der Waals surface area (Å²) < 4.78 is 39.9. The first kappa shape index (κ1) is 17.3. The number of nitrogens with two attached hydrogens (primary N) is 1. The maximum atomic E-state index is 13.3. The third-order valence-electron chi connectivity index (χ3n) is 3.67. The van der Waals surface area contributed by atoms with Crippen LogP contribution in [0, 0.1) is 0 Å². The van der Waals surface area contributed by atoms with Gasteiger partial charge in [0.1, 0.15) is 0 Å². The van der Waals surface area contributed by atoms with Crippen LogP contribution in [0.1, 0.15) is 43.0 Å². The molecule has 8 heteroatoms. The van der Waals surface area contributed by atoms with Crippen molar-refractivity contribution in [1.29, 1.82) is 0 Å². The van der Waals surface area contributed by atoms with E-state index in [1.54, 1.807) is 0 Å². The Morgan fingerprint density at radius 1 is 1.39 bits per heavy atom. The lowest BCUT2D eigenvalue weighted by atomic mass is 10.0. The molecule has 0 aliphatic carbocycles. The number of halogens is 3. The van der Waals surface area contributed by atoms with Crippen molar-refractivity contribution < 1.29 is 23.1 Å². The van der Waals surface area contributed by atoms with Gasteiger partial charge in [-0.1, -0.05) is 13.3 Å². The number of hydrogen-bond donors (Lipinski definition) is 2. The normalized spacial score (nSPS) is 21.4. The highest BCUT2D eigenvalue weighted by Gasteiger charge is 2.63. The summed E-state index contributed by atoms with van der Waals surface area (Å²) in [6.07, 6.45) is -4.02. The second kappa shape index (κ2) is 6.19. The minimum atomic E-state index is -5.01. The first-order valence-corrected chi connectivity index (χ1v) is 7.24. The number of hydrazone groups is 1. The number of nitrogens with zero attached hydrogens (tertiary/aromatic N) is 2. The molecule has 0 aromatic heterocycles. The number of rotatable bonds is 4. The number of amides is 1. The Morgan fingerprint density at radius 3 is 2.52 bits per heavy atom. The molecule has 0 bridgehead atoms. The average Bonchev–Trinajstić information content (AvgIpc) is 2.83. The Hall–Kier alpha value is -2.09. The summed E-state index contributed by atoms with van der Waals surface area (Å²) >= 11 is 0. The fourth-order valence-electron chi connectivity index (χ4n) is 2.32. The van der Waals surface area contributed by atoms with Crippen LogP contribution in [-0.2, 0) is 0 Å². The third kappa shape index (κ3) is 3.31. The van der Waals surface area contributed by atoms with Crippen LogP contribution in [-0.4, -0.2) is 33.6 Å². The predicted molar refractivity (Wildman–Crippen MR) is 79.6 cm³/mol. The number of alkyl halides is 3. The number of carbonyl (C=O) groups excluding carboxylic acids is 1. The smallest absolute Gasteiger partial charge is 0.399 e. The van der Waals surface area contributed by atoms with Gasteiger partial charge in [-0.25, -0.2) is 0 Å². The van der Waals surface area contributed by atoms with Crippen molar-refractivity contribution in [2.75, 3.05) is 5.73 Å². The summed E-state index contributed by atoms with van der Waals surface area (Å²) in [6.45, 7) is 1.89. The SMILES string of the molecule is CCCCC1=NN(C(=O)c2ccc(N)cc2)[C@@](O)(C(F)(F)F)C1. The molecule has 1 aromatic carbocycles. The van der Waals surface area contributed by atoms with Crippen molar-refractivity contribution in [1.82, 2.24) is 5.01 Å². The van der Waals surface area contributed by atoms with Crippen molar-refractivity contribution in [3.63, 3.8) is 0 Å². The van der Waals surface area contributed by atoms with Gasteiger partial charge in [-0.3, -0.25) is 4.79 Å². The van der Waals surface area contributed by atoms with Crippen molar-refractivity contribution in [2.24, 2.45) is 5.10 Å².